The molecule has 1 fully saturated rings. The van der Waals surface area contributed by atoms with Crippen molar-refractivity contribution in [2.45, 2.75) is 31.3 Å². The van der Waals surface area contributed by atoms with Gasteiger partial charge in [0, 0.05) is 22.3 Å². The molecule has 64 valence electrons. The van der Waals surface area contributed by atoms with Crippen molar-refractivity contribution in [1.29, 1.82) is 0 Å². The molecule has 1 saturated heterocycles. The summed E-state index contributed by atoms with van der Waals surface area (Å²) in [4.78, 5) is 10.3. The van der Waals surface area contributed by atoms with Crippen LogP contribution in [0.2, 0.25) is 0 Å². The van der Waals surface area contributed by atoms with Crippen LogP contribution in [-0.2, 0) is 14.1 Å². The number of carbonyl (C=O) groups is 1. The van der Waals surface area contributed by atoms with E-state index in [1.807, 2.05) is 0 Å². The average molecular weight is 177 g/mol. The van der Waals surface area contributed by atoms with Crippen molar-refractivity contribution < 1.29 is 14.1 Å². The van der Waals surface area contributed by atoms with Gasteiger partial charge in [0.1, 0.15) is 18.6 Å². The SMILES string of the molecule is NC1C[C@H](OP)C[C@@H](C=O)O1. The molecule has 1 rings (SSSR count). The quantitative estimate of drug-likeness (QED) is 0.469. The molecule has 0 spiro atoms. The Morgan fingerprint density at radius 1 is 1.64 bits per heavy atom. The van der Waals surface area contributed by atoms with E-state index < -0.39 is 6.10 Å². The number of hydrogen-bond acceptors (Lipinski definition) is 4. The molecular formula is C6H12NO3P. The van der Waals surface area contributed by atoms with Gasteiger partial charge in [0.15, 0.2) is 0 Å². The number of carbonyl (C=O) groups excluding carboxylic acids is 1. The fraction of sp³-hybridized carbons (Fsp3) is 0.833. The van der Waals surface area contributed by atoms with Crippen molar-refractivity contribution >= 4 is 15.8 Å². The highest BCUT2D eigenvalue weighted by atomic mass is 31.0. The molecule has 0 aromatic carbocycles. The highest BCUT2D eigenvalue weighted by molar-refractivity contribution is 7.09. The first-order valence-corrected chi connectivity index (χ1v) is 3.95. The van der Waals surface area contributed by atoms with E-state index in [-0.39, 0.29) is 12.3 Å². The molecule has 4 nitrogen and oxygen atoms in total. The van der Waals surface area contributed by atoms with Gasteiger partial charge in [-0.3, -0.25) is 0 Å². The molecule has 0 aromatic rings. The first kappa shape index (κ1) is 9.07. The van der Waals surface area contributed by atoms with Crippen molar-refractivity contribution in [2.75, 3.05) is 0 Å². The van der Waals surface area contributed by atoms with E-state index in [1.165, 1.54) is 0 Å². The second-order valence-corrected chi connectivity index (χ2v) is 2.85. The van der Waals surface area contributed by atoms with Crippen molar-refractivity contribution in [2.24, 2.45) is 5.73 Å². The fourth-order valence-electron chi connectivity index (χ4n) is 1.15. The maximum Gasteiger partial charge on any atom is 0.148 e. The zero-order chi connectivity index (χ0) is 8.27. The largest absolute Gasteiger partial charge is 0.362 e. The standard InChI is InChI=1S/C6H12NO3P/c7-6-2-4(10-11)1-5(3-8)9-6/h3-6H,1-2,7,11H2/t4-,5+,6?/m1/s1. The highest BCUT2D eigenvalue weighted by Crippen LogP contribution is 2.19. The van der Waals surface area contributed by atoms with Gasteiger partial charge in [0.05, 0.1) is 6.10 Å². The third kappa shape index (κ3) is 2.49. The van der Waals surface area contributed by atoms with Crippen molar-refractivity contribution in [3.8, 4) is 0 Å². The number of nitrogens with two attached hydrogens (primary N) is 1. The lowest BCUT2D eigenvalue weighted by atomic mass is 10.1. The molecule has 1 aliphatic rings. The predicted octanol–water partition coefficient (Wildman–Crippen LogP) is -0.176. The molecule has 0 radical (unpaired) electrons. The van der Waals surface area contributed by atoms with E-state index in [1.54, 1.807) is 0 Å². The summed E-state index contributed by atoms with van der Waals surface area (Å²) in [6, 6.07) is 0. The summed E-state index contributed by atoms with van der Waals surface area (Å²) < 4.78 is 10.1. The summed E-state index contributed by atoms with van der Waals surface area (Å²) in [6.07, 6.45) is 1.26. The summed E-state index contributed by atoms with van der Waals surface area (Å²) >= 11 is 0. The Hall–Kier alpha value is -0.0200. The Morgan fingerprint density at radius 3 is 2.91 bits per heavy atom. The lowest BCUT2D eigenvalue weighted by Gasteiger charge is -2.29. The van der Waals surface area contributed by atoms with Crippen LogP contribution in [0, 0.1) is 0 Å². The number of hydrogen-bond donors (Lipinski definition) is 1. The minimum atomic E-state index is -0.399. The Labute approximate surface area is 67.7 Å². The highest BCUT2D eigenvalue weighted by Gasteiger charge is 2.26. The van der Waals surface area contributed by atoms with Gasteiger partial charge < -0.3 is 19.8 Å². The van der Waals surface area contributed by atoms with Gasteiger partial charge in [0.25, 0.3) is 0 Å². The molecule has 1 aliphatic heterocycles. The third-order valence-electron chi connectivity index (χ3n) is 1.68. The first-order valence-electron chi connectivity index (χ1n) is 3.48. The van der Waals surface area contributed by atoms with Gasteiger partial charge in [-0.15, -0.1) is 0 Å². The summed E-state index contributed by atoms with van der Waals surface area (Å²) in [6.45, 7) is 0. The van der Waals surface area contributed by atoms with Gasteiger partial charge in [-0.05, 0) is 0 Å². The number of aldehydes is 1. The van der Waals surface area contributed by atoms with Crippen molar-refractivity contribution in [1.82, 2.24) is 0 Å². The normalized spacial score (nSPS) is 38.5. The summed E-state index contributed by atoms with van der Waals surface area (Å²) in [7, 11) is 2.17. The predicted molar refractivity (Wildman–Crippen MR) is 42.7 cm³/mol. The van der Waals surface area contributed by atoms with E-state index in [0.717, 1.165) is 6.29 Å². The molecule has 2 unspecified atom stereocenters. The Kier molecular flexibility index (Phi) is 3.40. The number of rotatable bonds is 2. The van der Waals surface area contributed by atoms with Crippen LogP contribution < -0.4 is 5.73 Å². The molecule has 11 heavy (non-hydrogen) atoms. The van der Waals surface area contributed by atoms with Gasteiger partial charge in [-0.25, -0.2) is 0 Å². The Morgan fingerprint density at radius 2 is 2.36 bits per heavy atom. The van der Waals surface area contributed by atoms with E-state index in [4.69, 9.17) is 15.0 Å². The fourth-order valence-corrected chi connectivity index (χ4v) is 1.37. The summed E-state index contributed by atoms with van der Waals surface area (Å²) in [5.41, 5.74) is 5.50. The molecular weight excluding hydrogens is 165 g/mol. The van der Waals surface area contributed by atoms with Gasteiger partial charge >= 0.3 is 0 Å². The van der Waals surface area contributed by atoms with Crippen LogP contribution in [0.4, 0.5) is 0 Å². The minimum Gasteiger partial charge on any atom is -0.362 e. The lowest BCUT2D eigenvalue weighted by molar-refractivity contribution is -0.132. The van der Waals surface area contributed by atoms with Crippen LogP contribution >= 0.6 is 9.47 Å². The van der Waals surface area contributed by atoms with Crippen molar-refractivity contribution in [3.05, 3.63) is 0 Å². The molecule has 2 N–H and O–H groups in total. The maximum absolute atomic E-state index is 10.3. The number of ether oxygens (including phenoxy) is 1. The smallest absolute Gasteiger partial charge is 0.148 e. The zero-order valence-electron chi connectivity index (χ0n) is 6.10. The molecule has 0 aromatic heterocycles. The monoisotopic (exact) mass is 177 g/mol. The summed E-state index contributed by atoms with van der Waals surface area (Å²) in [5, 5.41) is 0. The van der Waals surface area contributed by atoms with Crippen LogP contribution in [0.5, 0.6) is 0 Å². The van der Waals surface area contributed by atoms with Crippen LogP contribution in [0.25, 0.3) is 0 Å². The van der Waals surface area contributed by atoms with Crippen LogP contribution in [0.1, 0.15) is 12.8 Å². The molecule has 1 heterocycles. The average Bonchev–Trinajstić information content (AvgIpc) is 2.03. The van der Waals surface area contributed by atoms with Gasteiger partial charge in [-0.1, -0.05) is 0 Å². The summed E-state index contributed by atoms with van der Waals surface area (Å²) in [5.74, 6) is 0. The molecule has 5 heteroatoms. The maximum atomic E-state index is 10.3. The lowest BCUT2D eigenvalue weighted by Crippen LogP contribution is -2.41. The molecule has 0 saturated carbocycles. The molecule has 0 amide bonds. The van der Waals surface area contributed by atoms with E-state index in [2.05, 4.69) is 9.47 Å². The second kappa shape index (κ2) is 4.12. The van der Waals surface area contributed by atoms with Crippen molar-refractivity contribution in [3.63, 3.8) is 0 Å². The second-order valence-electron chi connectivity index (χ2n) is 2.58. The topological polar surface area (TPSA) is 61.5 Å². The van der Waals surface area contributed by atoms with Gasteiger partial charge in [0.2, 0.25) is 0 Å². The van der Waals surface area contributed by atoms with Crippen LogP contribution in [0.15, 0.2) is 0 Å². The zero-order valence-corrected chi connectivity index (χ0v) is 7.26. The van der Waals surface area contributed by atoms with Gasteiger partial charge in [-0.2, -0.15) is 0 Å². The van der Waals surface area contributed by atoms with Crippen LogP contribution in [-0.4, -0.2) is 24.7 Å². The molecule has 0 bridgehead atoms. The Balaban J connectivity index is 2.43. The van der Waals surface area contributed by atoms with E-state index in [0.29, 0.717) is 12.8 Å². The van der Waals surface area contributed by atoms with Crippen LogP contribution in [0.3, 0.4) is 0 Å². The minimum absolute atomic E-state index is 0.0268. The molecule has 0 aliphatic carbocycles. The van der Waals surface area contributed by atoms with E-state index >= 15 is 0 Å². The first-order chi connectivity index (χ1) is 5.26. The Bertz CT molecular complexity index is 144. The van der Waals surface area contributed by atoms with E-state index in [9.17, 15) is 4.79 Å². The molecule has 4 atom stereocenters. The third-order valence-corrected chi connectivity index (χ3v) is 2.07.